The van der Waals surface area contributed by atoms with Crippen LogP contribution >= 0.6 is 15.9 Å². The van der Waals surface area contributed by atoms with Crippen molar-refractivity contribution >= 4 is 27.4 Å². The van der Waals surface area contributed by atoms with Gasteiger partial charge in [0.1, 0.15) is 0 Å². The van der Waals surface area contributed by atoms with Crippen LogP contribution in [0.25, 0.3) is 0 Å². The SMILES string of the molecule is Cc1cccc(NC(CC(=O)c2ccccc2)c2ccc(Br)cc2)c1. The van der Waals surface area contributed by atoms with Crippen LogP contribution in [0.1, 0.15) is 33.9 Å². The van der Waals surface area contributed by atoms with Gasteiger partial charge in [-0.05, 0) is 42.3 Å². The first kappa shape index (κ1) is 17.4. The highest BCUT2D eigenvalue weighted by Gasteiger charge is 2.17. The van der Waals surface area contributed by atoms with E-state index >= 15 is 0 Å². The van der Waals surface area contributed by atoms with Crippen LogP contribution in [0.3, 0.4) is 0 Å². The van der Waals surface area contributed by atoms with Gasteiger partial charge in [-0.2, -0.15) is 0 Å². The van der Waals surface area contributed by atoms with Gasteiger partial charge in [-0.1, -0.05) is 70.5 Å². The quantitative estimate of drug-likeness (QED) is 0.506. The van der Waals surface area contributed by atoms with Gasteiger partial charge in [0.05, 0.1) is 6.04 Å². The highest BCUT2D eigenvalue weighted by atomic mass is 79.9. The second-order valence-corrected chi connectivity index (χ2v) is 7.03. The first-order valence-corrected chi connectivity index (χ1v) is 9.08. The van der Waals surface area contributed by atoms with Crippen molar-refractivity contribution in [2.45, 2.75) is 19.4 Å². The van der Waals surface area contributed by atoms with Gasteiger partial charge in [-0.15, -0.1) is 0 Å². The first-order valence-electron chi connectivity index (χ1n) is 8.29. The second kappa shape index (κ2) is 8.13. The maximum Gasteiger partial charge on any atom is 0.165 e. The van der Waals surface area contributed by atoms with E-state index in [1.807, 2.05) is 54.6 Å². The van der Waals surface area contributed by atoms with Gasteiger partial charge in [0, 0.05) is 22.1 Å². The van der Waals surface area contributed by atoms with Gasteiger partial charge in [0.2, 0.25) is 0 Å². The predicted molar refractivity (Wildman–Crippen MR) is 107 cm³/mol. The number of nitrogens with one attached hydrogen (secondary N) is 1. The van der Waals surface area contributed by atoms with Gasteiger partial charge < -0.3 is 5.32 Å². The molecule has 1 unspecified atom stereocenters. The van der Waals surface area contributed by atoms with E-state index in [1.165, 1.54) is 5.56 Å². The third-order valence-corrected chi connectivity index (χ3v) is 4.65. The molecule has 2 nitrogen and oxygen atoms in total. The van der Waals surface area contributed by atoms with E-state index in [4.69, 9.17) is 0 Å². The minimum Gasteiger partial charge on any atom is -0.378 e. The Morgan fingerprint density at radius 1 is 0.960 bits per heavy atom. The largest absolute Gasteiger partial charge is 0.378 e. The van der Waals surface area contributed by atoms with Crippen molar-refractivity contribution < 1.29 is 4.79 Å². The zero-order valence-corrected chi connectivity index (χ0v) is 15.7. The Morgan fingerprint density at radius 3 is 2.36 bits per heavy atom. The van der Waals surface area contributed by atoms with Crippen LogP contribution in [0.15, 0.2) is 83.3 Å². The molecule has 3 rings (SSSR count). The van der Waals surface area contributed by atoms with Crippen LogP contribution in [0.4, 0.5) is 5.69 Å². The van der Waals surface area contributed by atoms with E-state index in [1.54, 1.807) is 0 Å². The fourth-order valence-corrected chi connectivity index (χ4v) is 3.07. The lowest BCUT2D eigenvalue weighted by molar-refractivity contribution is 0.0976. The predicted octanol–water partition coefficient (Wildman–Crippen LogP) is 6.18. The standard InChI is InChI=1S/C22H20BrNO/c1-16-6-5-9-20(14-16)24-21(17-10-12-19(23)13-11-17)15-22(25)18-7-3-2-4-8-18/h2-14,21,24H,15H2,1H3. The molecule has 0 aliphatic heterocycles. The van der Waals surface area contributed by atoms with E-state index in [0.717, 1.165) is 21.3 Å². The third kappa shape index (κ3) is 4.80. The molecule has 1 atom stereocenters. The van der Waals surface area contributed by atoms with E-state index < -0.39 is 0 Å². The van der Waals surface area contributed by atoms with Crippen LogP contribution in [0.5, 0.6) is 0 Å². The van der Waals surface area contributed by atoms with Crippen molar-refractivity contribution in [3.63, 3.8) is 0 Å². The number of carbonyl (C=O) groups is 1. The maximum absolute atomic E-state index is 12.7. The highest BCUT2D eigenvalue weighted by Crippen LogP contribution is 2.26. The zero-order chi connectivity index (χ0) is 17.6. The zero-order valence-electron chi connectivity index (χ0n) is 14.1. The molecular formula is C22H20BrNO. The molecule has 0 saturated heterocycles. The molecular weight excluding hydrogens is 374 g/mol. The molecule has 3 aromatic carbocycles. The number of hydrogen-bond donors (Lipinski definition) is 1. The number of rotatable bonds is 6. The lowest BCUT2D eigenvalue weighted by Gasteiger charge is -2.20. The number of aryl methyl sites for hydroxylation is 1. The Bertz CT molecular complexity index is 843. The molecule has 3 heteroatoms. The summed E-state index contributed by atoms with van der Waals surface area (Å²) in [5, 5.41) is 3.52. The Kier molecular flexibility index (Phi) is 5.67. The summed E-state index contributed by atoms with van der Waals surface area (Å²) in [6.45, 7) is 2.06. The van der Waals surface area contributed by atoms with Crippen LogP contribution in [-0.4, -0.2) is 5.78 Å². The molecule has 0 radical (unpaired) electrons. The van der Waals surface area contributed by atoms with Crippen LogP contribution in [0, 0.1) is 6.92 Å². The summed E-state index contributed by atoms with van der Waals surface area (Å²) < 4.78 is 1.03. The van der Waals surface area contributed by atoms with Crippen molar-refractivity contribution in [2.24, 2.45) is 0 Å². The van der Waals surface area contributed by atoms with Crippen molar-refractivity contribution in [2.75, 3.05) is 5.32 Å². The Hall–Kier alpha value is -2.39. The fraction of sp³-hybridized carbons (Fsp3) is 0.136. The lowest BCUT2D eigenvalue weighted by atomic mass is 9.97. The number of hydrogen-bond acceptors (Lipinski definition) is 2. The Labute approximate surface area is 157 Å². The molecule has 0 aliphatic carbocycles. The van der Waals surface area contributed by atoms with Crippen LogP contribution in [-0.2, 0) is 0 Å². The lowest BCUT2D eigenvalue weighted by Crippen LogP contribution is -2.16. The van der Waals surface area contributed by atoms with E-state index in [-0.39, 0.29) is 11.8 Å². The van der Waals surface area contributed by atoms with Crippen molar-refractivity contribution in [1.29, 1.82) is 0 Å². The number of Topliss-reactive ketones (excluding diaryl/α,β-unsaturated/α-hetero) is 1. The molecule has 0 fully saturated rings. The van der Waals surface area contributed by atoms with Gasteiger partial charge in [-0.25, -0.2) is 0 Å². The molecule has 1 N–H and O–H groups in total. The first-order chi connectivity index (χ1) is 12.1. The van der Waals surface area contributed by atoms with Gasteiger partial charge >= 0.3 is 0 Å². The fourth-order valence-electron chi connectivity index (χ4n) is 2.81. The van der Waals surface area contributed by atoms with Crippen LogP contribution in [0.2, 0.25) is 0 Å². The number of carbonyl (C=O) groups excluding carboxylic acids is 1. The Morgan fingerprint density at radius 2 is 1.68 bits per heavy atom. The second-order valence-electron chi connectivity index (χ2n) is 6.11. The molecule has 25 heavy (non-hydrogen) atoms. The smallest absolute Gasteiger partial charge is 0.165 e. The molecule has 126 valence electrons. The number of ketones is 1. The van der Waals surface area contributed by atoms with E-state index in [2.05, 4.69) is 52.4 Å². The molecule has 0 spiro atoms. The van der Waals surface area contributed by atoms with Crippen LogP contribution < -0.4 is 5.32 Å². The minimum absolute atomic E-state index is 0.0809. The summed E-state index contributed by atoms with van der Waals surface area (Å²) in [5.74, 6) is 0.133. The monoisotopic (exact) mass is 393 g/mol. The summed E-state index contributed by atoms with van der Waals surface area (Å²) in [5.41, 5.74) is 4.05. The van der Waals surface area contributed by atoms with E-state index in [0.29, 0.717) is 6.42 Å². The summed E-state index contributed by atoms with van der Waals surface area (Å²) in [6.07, 6.45) is 0.402. The molecule has 0 heterocycles. The average Bonchev–Trinajstić information content (AvgIpc) is 2.62. The normalized spacial score (nSPS) is 11.8. The molecule has 3 aromatic rings. The number of anilines is 1. The van der Waals surface area contributed by atoms with Gasteiger partial charge in [-0.3, -0.25) is 4.79 Å². The molecule has 0 bridgehead atoms. The molecule has 0 saturated carbocycles. The minimum atomic E-state index is -0.0809. The summed E-state index contributed by atoms with van der Waals surface area (Å²) in [4.78, 5) is 12.7. The topological polar surface area (TPSA) is 29.1 Å². The third-order valence-electron chi connectivity index (χ3n) is 4.12. The summed E-state index contributed by atoms with van der Waals surface area (Å²) >= 11 is 3.47. The van der Waals surface area contributed by atoms with Gasteiger partial charge in [0.15, 0.2) is 5.78 Å². The highest BCUT2D eigenvalue weighted by molar-refractivity contribution is 9.10. The van der Waals surface area contributed by atoms with Gasteiger partial charge in [0.25, 0.3) is 0 Å². The summed E-state index contributed by atoms with van der Waals surface area (Å²) in [6, 6.07) is 25.7. The van der Waals surface area contributed by atoms with Crippen molar-refractivity contribution in [3.8, 4) is 0 Å². The maximum atomic E-state index is 12.7. The summed E-state index contributed by atoms with van der Waals surface area (Å²) in [7, 11) is 0. The van der Waals surface area contributed by atoms with Crippen molar-refractivity contribution in [3.05, 3.63) is 100 Å². The molecule has 0 aromatic heterocycles. The Balaban J connectivity index is 1.86. The van der Waals surface area contributed by atoms with E-state index in [9.17, 15) is 4.79 Å². The molecule has 0 amide bonds. The number of benzene rings is 3. The van der Waals surface area contributed by atoms with Crippen molar-refractivity contribution in [1.82, 2.24) is 0 Å². The molecule has 0 aliphatic rings. The number of halogens is 1. The average molecular weight is 394 g/mol.